The standard InChI is InChI=1S/C21H13F2N3/c22-16-10-15(11-17(23)13-16)9-14-4-6-20-19(12-14)21(26-25-20)7-5-18-3-1-2-8-24-18/h1-4,6,8,10-13H,9H2,(H,25,26). The van der Waals surface area contributed by atoms with Gasteiger partial charge in [0.1, 0.15) is 23.0 Å². The average molecular weight is 345 g/mol. The van der Waals surface area contributed by atoms with Crippen molar-refractivity contribution >= 4 is 10.9 Å². The molecule has 2 aromatic carbocycles. The van der Waals surface area contributed by atoms with Crippen LogP contribution in [0.25, 0.3) is 10.9 Å². The number of fused-ring (bicyclic) bond motifs is 1. The SMILES string of the molecule is Fc1cc(F)cc(Cc2ccc3[nH]nc(C#Cc4ccccn4)c3c2)c1. The van der Waals surface area contributed by atoms with Crippen LogP contribution in [-0.2, 0) is 6.42 Å². The molecule has 0 saturated heterocycles. The second kappa shape index (κ2) is 6.77. The molecule has 4 rings (SSSR count). The molecule has 26 heavy (non-hydrogen) atoms. The van der Waals surface area contributed by atoms with Crippen LogP contribution >= 0.6 is 0 Å². The van der Waals surface area contributed by atoms with Crippen LogP contribution in [0.3, 0.4) is 0 Å². The zero-order valence-electron chi connectivity index (χ0n) is 13.6. The number of rotatable bonds is 2. The molecule has 0 radical (unpaired) electrons. The number of aromatic amines is 1. The molecule has 0 bridgehead atoms. The molecule has 2 aromatic heterocycles. The van der Waals surface area contributed by atoms with Gasteiger partial charge in [0.2, 0.25) is 0 Å². The van der Waals surface area contributed by atoms with E-state index in [4.69, 9.17) is 0 Å². The van der Waals surface area contributed by atoms with Crippen LogP contribution in [-0.4, -0.2) is 15.2 Å². The third-order valence-corrected chi connectivity index (χ3v) is 3.93. The van der Waals surface area contributed by atoms with Crippen molar-refractivity contribution in [2.75, 3.05) is 0 Å². The summed E-state index contributed by atoms with van der Waals surface area (Å²) in [5.74, 6) is 4.84. The monoisotopic (exact) mass is 345 g/mol. The Morgan fingerprint density at radius 3 is 2.50 bits per heavy atom. The lowest BCUT2D eigenvalue weighted by Gasteiger charge is -2.03. The topological polar surface area (TPSA) is 41.6 Å². The molecule has 0 fully saturated rings. The maximum Gasteiger partial charge on any atom is 0.143 e. The maximum atomic E-state index is 13.4. The highest BCUT2D eigenvalue weighted by molar-refractivity contribution is 5.84. The van der Waals surface area contributed by atoms with Gasteiger partial charge in [0, 0.05) is 17.6 Å². The first-order valence-electron chi connectivity index (χ1n) is 8.02. The number of nitrogens with zero attached hydrogens (tertiary/aromatic N) is 2. The van der Waals surface area contributed by atoms with Crippen molar-refractivity contribution in [1.82, 2.24) is 15.2 Å². The minimum atomic E-state index is -0.577. The molecular formula is C21H13F2N3. The summed E-state index contributed by atoms with van der Waals surface area (Å²) in [5, 5.41) is 8.04. The van der Waals surface area contributed by atoms with Gasteiger partial charge >= 0.3 is 0 Å². The molecule has 0 saturated carbocycles. The van der Waals surface area contributed by atoms with Crippen LogP contribution in [0.1, 0.15) is 22.5 Å². The van der Waals surface area contributed by atoms with Crippen LogP contribution in [0.4, 0.5) is 8.78 Å². The molecule has 1 N–H and O–H groups in total. The number of H-pyrrole nitrogens is 1. The molecule has 2 heterocycles. The van der Waals surface area contributed by atoms with Crippen molar-refractivity contribution in [3.05, 3.63) is 94.9 Å². The summed E-state index contributed by atoms with van der Waals surface area (Å²) in [5.41, 5.74) is 3.62. The highest BCUT2D eigenvalue weighted by atomic mass is 19.1. The Kier molecular flexibility index (Phi) is 4.16. The van der Waals surface area contributed by atoms with Crippen LogP contribution in [0.5, 0.6) is 0 Å². The summed E-state index contributed by atoms with van der Waals surface area (Å²) in [6, 6.07) is 14.8. The summed E-state index contributed by atoms with van der Waals surface area (Å²) in [7, 11) is 0. The normalized spacial score (nSPS) is 10.5. The minimum Gasteiger partial charge on any atom is -0.277 e. The summed E-state index contributed by atoms with van der Waals surface area (Å²) in [6.45, 7) is 0. The van der Waals surface area contributed by atoms with Gasteiger partial charge in [-0.25, -0.2) is 13.8 Å². The summed E-state index contributed by atoms with van der Waals surface area (Å²) < 4.78 is 26.8. The molecule has 0 atom stereocenters. The van der Waals surface area contributed by atoms with Gasteiger partial charge in [0.05, 0.1) is 5.52 Å². The quantitative estimate of drug-likeness (QED) is 0.553. The van der Waals surface area contributed by atoms with Gasteiger partial charge in [0.15, 0.2) is 0 Å². The van der Waals surface area contributed by atoms with Crippen molar-refractivity contribution in [3.8, 4) is 11.8 Å². The van der Waals surface area contributed by atoms with Crippen LogP contribution in [0.2, 0.25) is 0 Å². The third-order valence-electron chi connectivity index (χ3n) is 3.93. The first-order valence-corrected chi connectivity index (χ1v) is 8.02. The molecule has 0 aliphatic heterocycles. The minimum absolute atomic E-state index is 0.420. The summed E-state index contributed by atoms with van der Waals surface area (Å²) in [6.07, 6.45) is 2.10. The molecule has 0 aliphatic rings. The van der Waals surface area contributed by atoms with E-state index in [9.17, 15) is 8.78 Å². The van der Waals surface area contributed by atoms with Gasteiger partial charge in [-0.1, -0.05) is 12.1 Å². The lowest BCUT2D eigenvalue weighted by Crippen LogP contribution is -1.91. The lowest BCUT2D eigenvalue weighted by molar-refractivity contribution is 0.580. The van der Waals surface area contributed by atoms with Crippen LogP contribution in [0.15, 0.2) is 60.8 Å². The van der Waals surface area contributed by atoms with Crippen molar-refractivity contribution in [2.24, 2.45) is 0 Å². The van der Waals surface area contributed by atoms with Gasteiger partial charge in [-0.05, 0) is 65.8 Å². The Labute approximate surface area is 148 Å². The van der Waals surface area contributed by atoms with E-state index < -0.39 is 11.6 Å². The Hall–Kier alpha value is -3.52. The number of hydrogen-bond acceptors (Lipinski definition) is 2. The van der Waals surface area contributed by atoms with E-state index in [1.165, 1.54) is 12.1 Å². The van der Waals surface area contributed by atoms with E-state index in [0.29, 0.717) is 23.4 Å². The molecule has 5 heteroatoms. The number of hydrogen-bond donors (Lipinski definition) is 1. The first-order chi connectivity index (χ1) is 12.7. The van der Waals surface area contributed by atoms with E-state index in [1.807, 2.05) is 36.4 Å². The second-order valence-electron chi connectivity index (χ2n) is 5.87. The second-order valence-corrected chi connectivity index (χ2v) is 5.87. The molecule has 3 nitrogen and oxygen atoms in total. The highest BCUT2D eigenvalue weighted by Crippen LogP contribution is 2.20. The Balaban J connectivity index is 1.67. The van der Waals surface area contributed by atoms with Crippen molar-refractivity contribution in [3.63, 3.8) is 0 Å². The fourth-order valence-corrected chi connectivity index (χ4v) is 2.78. The number of pyridine rings is 1. The van der Waals surface area contributed by atoms with Gasteiger partial charge < -0.3 is 0 Å². The van der Waals surface area contributed by atoms with E-state index >= 15 is 0 Å². The average Bonchev–Trinajstić information content (AvgIpc) is 3.02. The molecule has 0 unspecified atom stereocenters. The fourth-order valence-electron chi connectivity index (χ4n) is 2.78. The highest BCUT2D eigenvalue weighted by Gasteiger charge is 2.07. The van der Waals surface area contributed by atoms with E-state index in [-0.39, 0.29) is 0 Å². The predicted molar refractivity (Wildman–Crippen MR) is 95.5 cm³/mol. The van der Waals surface area contributed by atoms with E-state index in [0.717, 1.165) is 22.5 Å². The zero-order chi connectivity index (χ0) is 17.9. The third kappa shape index (κ3) is 3.45. The molecule has 0 amide bonds. The smallest absolute Gasteiger partial charge is 0.143 e. The Bertz CT molecular complexity index is 1120. The molecule has 0 aliphatic carbocycles. The van der Waals surface area contributed by atoms with Gasteiger partial charge in [0.25, 0.3) is 0 Å². The molecule has 126 valence electrons. The number of benzene rings is 2. The zero-order valence-corrected chi connectivity index (χ0v) is 13.6. The summed E-state index contributed by atoms with van der Waals surface area (Å²) in [4.78, 5) is 4.17. The van der Waals surface area contributed by atoms with Gasteiger partial charge in [-0.3, -0.25) is 5.10 Å². The molecule has 4 aromatic rings. The number of aromatic nitrogens is 3. The Morgan fingerprint density at radius 1 is 0.885 bits per heavy atom. The van der Waals surface area contributed by atoms with Crippen molar-refractivity contribution in [2.45, 2.75) is 6.42 Å². The predicted octanol–water partition coefficient (Wildman–Crippen LogP) is 4.23. The van der Waals surface area contributed by atoms with Crippen molar-refractivity contribution in [1.29, 1.82) is 0 Å². The van der Waals surface area contributed by atoms with Gasteiger partial charge in [-0.2, -0.15) is 5.10 Å². The van der Waals surface area contributed by atoms with Crippen LogP contribution in [0, 0.1) is 23.5 Å². The molecular weight excluding hydrogens is 332 g/mol. The molecule has 0 spiro atoms. The first kappa shape index (κ1) is 16.0. The van der Waals surface area contributed by atoms with Crippen molar-refractivity contribution < 1.29 is 8.78 Å². The Morgan fingerprint density at radius 2 is 1.73 bits per heavy atom. The lowest BCUT2D eigenvalue weighted by atomic mass is 10.0. The van der Waals surface area contributed by atoms with Gasteiger partial charge in [-0.15, -0.1) is 0 Å². The number of halogens is 2. The largest absolute Gasteiger partial charge is 0.277 e. The van der Waals surface area contributed by atoms with E-state index in [2.05, 4.69) is 27.0 Å². The van der Waals surface area contributed by atoms with E-state index in [1.54, 1.807) is 6.20 Å². The number of nitrogens with one attached hydrogen (secondary N) is 1. The fraction of sp³-hybridized carbons (Fsp3) is 0.0476. The van der Waals surface area contributed by atoms with Crippen LogP contribution < -0.4 is 0 Å². The maximum absolute atomic E-state index is 13.4. The summed E-state index contributed by atoms with van der Waals surface area (Å²) >= 11 is 0.